The lowest BCUT2D eigenvalue weighted by Crippen LogP contribution is -2.27. The van der Waals surface area contributed by atoms with Gasteiger partial charge in [0.25, 0.3) is 0 Å². The number of hydrogen-bond acceptors (Lipinski definition) is 4. The van der Waals surface area contributed by atoms with Crippen molar-refractivity contribution >= 4 is 11.6 Å². The van der Waals surface area contributed by atoms with Crippen LogP contribution in [0.25, 0.3) is 0 Å². The monoisotopic (exact) mass is 231 g/mol. The molecule has 5 nitrogen and oxygen atoms in total. The maximum Gasteiger partial charge on any atom is 0.188 e. The molecule has 1 aromatic rings. The van der Waals surface area contributed by atoms with E-state index in [9.17, 15) is 0 Å². The molecule has 86 valence electrons. The second-order valence-corrected chi connectivity index (χ2v) is 3.89. The topological polar surface area (TPSA) is 46.8 Å². The standard InChI is InChI=1S/C9H18ClN5/c1-3-4-6-15(7-5-10)8-9-11-13-14(2)12-9/h3-8H2,1-2H3. The van der Waals surface area contributed by atoms with Gasteiger partial charge in [0, 0.05) is 12.4 Å². The zero-order valence-electron chi connectivity index (χ0n) is 9.36. The fraction of sp³-hybridized carbons (Fsp3) is 0.889. The van der Waals surface area contributed by atoms with Crippen LogP contribution in [-0.2, 0) is 13.6 Å². The van der Waals surface area contributed by atoms with Crippen LogP contribution in [0.5, 0.6) is 0 Å². The van der Waals surface area contributed by atoms with E-state index >= 15 is 0 Å². The van der Waals surface area contributed by atoms with E-state index in [1.807, 2.05) is 0 Å². The summed E-state index contributed by atoms with van der Waals surface area (Å²) in [6.45, 7) is 4.83. The van der Waals surface area contributed by atoms with Gasteiger partial charge in [-0.25, -0.2) is 0 Å². The number of aromatic nitrogens is 4. The van der Waals surface area contributed by atoms with Crippen LogP contribution in [0.3, 0.4) is 0 Å². The van der Waals surface area contributed by atoms with Crippen LogP contribution in [-0.4, -0.2) is 44.1 Å². The molecule has 0 spiro atoms. The molecule has 0 saturated carbocycles. The summed E-state index contributed by atoms with van der Waals surface area (Å²) in [6.07, 6.45) is 2.36. The lowest BCUT2D eigenvalue weighted by atomic mass is 10.3. The van der Waals surface area contributed by atoms with Gasteiger partial charge in [0.2, 0.25) is 0 Å². The van der Waals surface area contributed by atoms with E-state index in [0.717, 1.165) is 25.5 Å². The van der Waals surface area contributed by atoms with Gasteiger partial charge in [0.05, 0.1) is 13.6 Å². The average molecular weight is 232 g/mol. The Hall–Kier alpha value is -0.680. The Bertz CT molecular complexity index is 275. The number of nitrogens with zero attached hydrogens (tertiary/aromatic N) is 5. The Kier molecular flexibility index (Phi) is 5.57. The van der Waals surface area contributed by atoms with E-state index in [4.69, 9.17) is 11.6 Å². The summed E-state index contributed by atoms with van der Waals surface area (Å²) in [4.78, 5) is 3.74. The number of unbranched alkanes of at least 4 members (excludes halogenated alkanes) is 1. The first-order valence-corrected chi connectivity index (χ1v) is 5.81. The zero-order chi connectivity index (χ0) is 11.1. The van der Waals surface area contributed by atoms with Gasteiger partial charge in [0.1, 0.15) is 0 Å². The van der Waals surface area contributed by atoms with Crippen molar-refractivity contribution in [1.29, 1.82) is 0 Å². The largest absolute Gasteiger partial charge is 0.295 e. The van der Waals surface area contributed by atoms with Crippen molar-refractivity contribution in [3.05, 3.63) is 5.82 Å². The molecule has 0 N–H and O–H groups in total. The van der Waals surface area contributed by atoms with Crippen LogP contribution in [0.15, 0.2) is 0 Å². The summed E-state index contributed by atoms with van der Waals surface area (Å²) < 4.78 is 0. The minimum absolute atomic E-state index is 0.643. The van der Waals surface area contributed by atoms with E-state index in [-0.39, 0.29) is 0 Å². The second kappa shape index (κ2) is 6.74. The number of aryl methyl sites for hydroxylation is 1. The molecule has 1 aromatic heterocycles. The summed E-state index contributed by atoms with van der Waals surface area (Å²) in [5.41, 5.74) is 0. The number of tetrazole rings is 1. The van der Waals surface area contributed by atoms with Crippen molar-refractivity contribution < 1.29 is 0 Å². The van der Waals surface area contributed by atoms with E-state index in [2.05, 4.69) is 27.2 Å². The van der Waals surface area contributed by atoms with Gasteiger partial charge in [-0.15, -0.1) is 21.8 Å². The Labute approximate surface area is 95.4 Å². The summed E-state index contributed by atoms with van der Waals surface area (Å²) in [5, 5.41) is 11.9. The van der Waals surface area contributed by atoms with Crippen LogP contribution in [0.1, 0.15) is 25.6 Å². The first kappa shape index (κ1) is 12.4. The molecule has 15 heavy (non-hydrogen) atoms. The van der Waals surface area contributed by atoms with Crippen molar-refractivity contribution in [2.45, 2.75) is 26.3 Å². The molecule has 1 heterocycles. The molecule has 0 atom stereocenters. The predicted molar refractivity (Wildman–Crippen MR) is 59.7 cm³/mol. The van der Waals surface area contributed by atoms with Crippen LogP contribution < -0.4 is 0 Å². The summed E-state index contributed by atoms with van der Waals surface area (Å²) in [5.74, 6) is 1.41. The molecule has 6 heteroatoms. The van der Waals surface area contributed by atoms with Gasteiger partial charge >= 0.3 is 0 Å². The Morgan fingerprint density at radius 2 is 2.20 bits per heavy atom. The quantitative estimate of drug-likeness (QED) is 0.659. The maximum absolute atomic E-state index is 5.74. The number of hydrogen-bond donors (Lipinski definition) is 0. The highest BCUT2D eigenvalue weighted by atomic mass is 35.5. The van der Waals surface area contributed by atoms with Crippen LogP contribution in [0, 0.1) is 0 Å². The third-order valence-electron chi connectivity index (χ3n) is 2.14. The molecule has 0 aliphatic rings. The number of rotatable bonds is 7. The van der Waals surface area contributed by atoms with Crippen molar-refractivity contribution in [2.24, 2.45) is 7.05 Å². The lowest BCUT2D eigenvalue weighted by Gasteiger charge is -2.18. The Morgan fingerprint density at radius 3 is 2.73 bits per heavy atom. The van der Waals surface area contributed by atoms with Crippen LogP contribution >= 0.6 is 11.6 Å². The fourth-order valence-electron chi connectivity index (χ4n) is 1.36. The van der Waals surface area contributed by atoms with Crippen molar-refractivity contribution in [1.82, 2.24) is 25.1 Å². The van der Waals surface area contributed by atoms with Gasteiger partial charge in [-0.1, -0.05) is 13.3 Å². The summed E-state index contributed by atoms with van der Waals surface area (Å²) in [6, 6.07) is 0. The fourth-order valence-corrected chi connectivity index (χ4v) is 1.60. The number of halogens is 1. The van der Waals surface area contributed by atoms with Gasteiger partial charge in [-0.05, 0) is 18.2 Å². The third kappa shape index (κ3) is 4.57. The highest BCUT2D eigenvalue weighted by molar-refractivity contribution is 6.18. The van der Waals surface area contributed by atoms with Gasteiger partial charge in [-0.2, -0.15) is 4.80 Å². The van der Waals surface area contributed by atoms with Crippen LogP contribution in [0.2, 0.25) is 0 Å². The minimum Gasteiger partial charge on any atom is -0.295 e. The molecule has 0 amide bonds. The van der Waals surface area contributed by atoms with Crippen molar-refractivity contribution in [2.75, 3.05) is 19.0 Å². The van der Waals surface area contributed by atoms with Crippen LogP contribution in [0.4, 0.5) is 0 Å². The maximum atomic E-state index is 5.74. The molecule has 0 fully saturated rings. The summed E-state index contributed by atoms with van der Waals surface area (Å²) >= 11 is 5.74. The van der Waals surface area contributed by atoms with E-state index < -0.39 is 0 Å². The predicted octanol–water partition coefficient (Wildman–Crippen LogP) is 1.05. The second-order valence-electron chi connectivity index (χ2n) is 3.51. The summed E-state index contributed by atoms with van der Waals surface area (Å²) in [7, 11) is 1.77. The van der Waals surface area contributed by atoms with E-state index in [0.29, 0.717) is 5.88 Å². The van der Waals surface area contributed by atoms with Gasteiger partial charge in [0.15, 0.2) is 5.82 Å². The molecule has 0 aliphatic carbocycles. The zero-order valence-corrected chi connectivity index (χ0v) is 10.1. The molecule has 1 rings (SSSR count). The highest BCUT2D eigenvalue weighted by Gasteiger charge is 2.08. The first-order valence-electron chi connectivity index (χ1n) is 5.27. The third-order valence-corrected chi connectivity index (χ3v) is 2.31. The molecular weight excluding hydrogens is 214 g/mol. The first-order chi connectivity index (χ1) is 7.26. The molecule has 0 unspecified atom stereocenters. The van der Waals surface area contributed by atoms with Crippen molar-refractivity contribution in [3.63, 3.8) is 0 Å². The lowest BCUT2D eigenvalue weighted by molar-refractivity contribution is 0.270. The molecule has 0 aromatic carbocycles. The van der Waals surface area contributed by atoms with Gasteiger partial charge in [-0.3, -0.25) is 4.90 Å². The molecule has 0 radical (unpaired) electrons. The molecule has 0 bridgehead atoms. The molecule has 0 aliphatic heterocycles. The van der Waals surface area contributed by atoms with Gasteiger partial charge < -0.3 is 0 Å². The van der Waals surface area contributed by atoms with Crippen molar-refractivity contribution in [3.8, 4) is 0 Å². The Morgan fingerprint density at radius 1 is 1.40 bits per heavy atom. The normalized spacial score (nSPS) is 11.2. The molecular formula is C9H18ClN5. The Balaban J connectivity index is 2.42. The smallest absolute Gasteiger partial charge is 0.188 e. The van der Waals surface area contributed by atoms with E-state index in [1.54, 1.807) is 7.05 Å². The molecule has 0 saturated heterocycles. The SMILES string of the molecule is CCCCN(CCCl)Cc1nnn(C)n1. The highest BCUT2D eigenvalue weighted by Crippen LogP contribution is 2.01. The number of alkyl halides is 1. The minimum atomic E-state index is 0.643. The average Bonchev–Trinajstić information content (AvgIpc) is 2.61. The van der Waals surface area contributed by atoms with E-state index in [1.165, 1.54) is 17.6 Å².